The molecule has 7 nitrogen and oxygen atoms in total. The average molecular weight is 390 g/mol. The van der Waals surface area contributed by atoms with E-state index in [0.29, 0.717) is 35.0 Å². The van der Waals surface area contributed by atoms with E-state index in [-0.39, 0.29) is 0 Å². The number of rotatable bonds is 6. The van der Waals surface area contributed by atoms with E-state index in [1.165, 1.54) is 6.21 Å². The Labute approximate surface area is 165 Å². The summed E-state index contributed by atoms with van der Waals surface area (Å²) in [6, 6.07) is 11.5. The number of nitrogens with one attached hydrogen (secondary N) is 3. The second kappa shape index (κ2) is 7.55. The molecule has 0 unspecified atom stereocenters. The number of hydrogen-bond acceptors (Lipinski definition) is 5. The number of hydrogen-bond donors (Lipinski definition) is 3. The molecule has 0 bridgehead atoms. The van der Waals surface area contributed by atoms with Crippen molar-refractivity contribution in [2.45, 2.75) is 6.42 Å². The van der Waals surface area contributed by atoms with Gasteiger partial charge in [0.25, 0.3) is 0 Å². The average Bonchev–Trinajstić information content (AvgIpc) is 3.32. The van der Waals surface area contributed by atoms with E-state index in [1.807, 2.05) is 41.1 Å². The van der Waals surface area contributed by atoms with Crippen LogP contribution in [0.25, 0.3) is 39.2 Å². The lowest BCUT2D eigenvalue weighted by Gasteiger charge is -2.12. The lowest BCUT2D eigenvalue weighted by Crippen LogP contribution is -2.11. The highest BCUT2D eigenvalue weighted by molar-refractivity contribution is 6.33. The van der Waals surface area contributed by atoms with E-state index in [9.17, 15) is 0 Å². The van der Waals surface area contributed by atoms with E-state index < -0.39 is 0 Å². The number of nitriles is 1. The number of benzene rings is 1. The van der Waals surface area contributed by atoms with Gasteiger partial charge in [0.1, 0.15) is 17.0 Å². The van der Waals surface area contributed by atoms with Crippen LogP contribution in [-0.2, 0) is 0 Å². The van der Waals surface area contributed by atoms with E-state index in [4.69, 9.17) is 27.3 Å². The monoisotopic (exact) mass is 389 g/mol. The van der Waals surface area contributed by atoms with E-state index in [0.717, 1.165) is 22.1 Å². The van der Waals surface area contributed by atoms with E-state index in [1.54, 1.807) is 12.4 Å². The first-order valence-electron chi connectivity index (χ1n) is 8.65. The molecule has 3 N–H and O–H groups in total. The summed E-state index contributed by atoms with van der Waals surface area (Å²) in [6.07, 6.45) is 6.86. The van der Waals surface area contributed by atoms with Crippen molar-refractivity contribution in [3.8, 4) is 17.5 Å². The summed E-state index contributed by atoms with van der Waals surface area (Å²) in [6.45, 7) is 0.489. The Morgan fingerprint density at radius 2 is 2.21 bits per heavy atom. The topological polar surface area (TPSA) is 106 Å². The fourth-order valence-electron chi connectivity index (χ4n) is 3.12. The van der Waals surface area contributed by atoms with Gasteiger partial charge in [-0.1, -0.05) is 23.7 Å². The van der Waals surface area contributed by atoms with Crippen LogP contribution < -0.4 is 5.32 Å². The number of H-pyrrole nitrogens is 1. The third-order valence-electron chi connectivity index (χ3n) is 4.35. The maximum absolute atomic E-state index is 8.74. The van der Waals surface area contributed by atoms with Gasteiger partial charge in [-0.3, -0.25) is 4.57 Å². The molecule has 8 heteroatoms. The molecule has 0 saturated carbocycles. The number of fused-ring (bicyclic) bond motifs is 3. The zero-order chi connectivity index (χ0) is 19.5. The molecule has 4 rings (SSSR count). The van der Waals surface area contributed by atoms with Crippen molar-refractivity contribution < 1.29 is 0 Å². The minimum absolute atomic E-state index is 0.371. The molecule has 138 valence electrons. The Morgan fingerprint density at radius 1 is 1.36 bits per heavy atom. The highest BCUT2D eigenvalue weighted by Crippen LogP contribution is 2.34. The smallest absolute Gasteiger partial charge is 0.147 e. The zero-order valence-electron chi connectivity index (χ0n) is 14.8. The van der Waals surface area contributed by atoms with Gasteiger partial charge in [0, 0.05) is 36.1 Å². The molecule has 0 atom stereocenters. The van der Waals surface area contributed by atoms with Crippen LogP contribution in [0.5, 0.6) is 0 Å². The van der Waals surface area contributed by atoms with Gasteiger partial charge in [-0.15, -0.1) is 0 Å². The lowest BCUT2D eigenvalue weighted by molar-refractivity contribution is 0.857. The van der Waals surface area contributed by atoms with Gasteiger partial charge in [0.2, 0.25) is 0 Å². The molecular weight excluding hydrogens is 374 g/mol. The Kier molecular flexibility index (Phi) is 4.79. The third kappa shape index (κ3) is 3.00. The second-order valence-electron chi connectivity index (χ2n) is 6.06. The normalized spacial score (nSPS) is 11.6. The van der Waals surface area contributed by atoms with Crippen LogP contribution in [0, 0.1) is 16.7 Å². The molecule has 4 aromatic rings. The number of halogens is 1. The highest BCUT2D eigenvalue weighted by Gasteiger charge is 2.19. The van der Waals surface area contributed by atoms with Gasteiger partial charge in [-0.05, 0) is 18.2 Å². The summed E-state index contributed by atoms with van der Waals surface area (Å²) in [4.78, 5) is 12.3. The summed E-state index contributed by atoms with van der Waals surface area (Å²) < 4.78 is 1.89. The highest BCUT2D eigenvalue weighted by atomic mass is 35.5. The minimum atomic E-state index is 0.371. The number of aromatic nitrogens is 4. The van der Waals surface area contributed by atoms with Gasteiger partial charge in [-0.2, -0.15) is 5.26 Å². The van der Waals surface area contributed by atoms with Crippen molar-refractivity contribution in [3.05, 3.63) is 53.9 Å². The minimum Gasteiger partial charge on any atom is -0.388 e. The quantitative estimate of drug-likeness (QED) is 0.339. The molecule has 0 amide bonds. The van der Waals surface area contributed by atoms with Crippen molar-refractivity contribution in [1.29, 1.82) is 10.7 Å². The maximum atomic E-state index is 8.74. The van der Waals surface area contributed by atoms with Crippen LogP contribution in [0.2, 0.25) is 5.02 Å². The fourth-order valence-corrected chi connectivity index (χ4v) is 3.34. The van der Waals surface area contributed by atoms with Crippen molar-refractivity contribution in [2.75, 3.05) is 6.54 Å². The van der Waals surface area contributed by atoms with Crippen LogP contribution in [-0.4, -0.2) is 32.3 Å². The van der Waals surface area contributed by atoms with Gasteiger partial charge in [0.05, 0.1) is 34.9 Å². The summed E-state index contributed by atoms with van der Waals surface area (Å²) in [5.74, 6) is 0.618. The van der Waals surface area contributed by atoms with Crippen LogP contribution >= 0.6 is 11.6 Å². The number of allylic oxidation sites excluding steroid dienone is 1. The SMILES string of the molecule is N#CCCN/C=C(\C=N)n1c(-c2ccccc2Cl)nc2cnc3[nH]ccc3c21. The second-order valence-corrected chi connectivity index (χ2v) is 6.47. The standard InChI is InChI=1S/C20H16ClN7/c21-16-5-2-1-4-14(16)20-27-17-12-26-19-15(6-9-25-19)18(17)28(20)13(10-23)11-24-8-3-7-22/h1-2,4-6,9-12,23-24H,3,8H2,(H,25,26)/b13-11+,23-10?. The molecular formula is C20H16ClN7. The summed E-state index contributed by atoms with van der Waals surface area (Å²) >= 11 is 6.45. The molecule has 0 aliphatic heterocycles. The van der Waals surface area contributed by atoms with Crippen LogP contribution in [0.4, 0.5) is 0 Å². The first kappa shape index (κ1) is 17.8. The lowest BCUT2D eigenvalue weighted by atomic mass is 10.2. The maximum Gasteiger partial charge on any atom is 0.147 e. The molecule has 0 spiro atoms. The predicted octanol–water partition coefficient (Wildman–Crippen LogP) is 4.18. The number of aromatic amines is 1. The number of imidazole rings is 1. The fraction of sp³-hybridized carbons (Fsp3) is 0.100. The Hall–Kier alpha value is -3.63. The Bertz CT molecular complexity index is 1240. The van der Waals surface area contributed by atoms with Crippen LogP contribution in [0.1, 0.15) is 6.42 Å². The zero-order valence-corrected chi connectivity index (χ0v) is 15.5. The number of nitrogens with zero attached hydrogens (tertiary/aromatic N) is 4. The largest absolute Gasteiger partial charge is 0.388 e. The van der Waals surface area contributed by atoms with Crippen molar-refractivity contribution in [3.63, 3.8) is 0 Å². The molecule has 0 saturated heterocycles. The Morgan fingerprint density at radius 3 is 3.00 bits per heavy atom. The van der Waals surface area contributed by atoms with Gasteiger partial charge in [-0.25, -0.2) is 9.97 Å². The van der Waals surface area contributed by atoms with E-state index in [2.05, 4.69) is 21.4 Å². The summed E-state index contributed by atoms with van der Waals surface area (Å²) in [7, 11) is 0. The molecule has 28 heavy (non-hydrogen) atoms. The first-order valence-corrected chi connectivity index (χ1v) is 9.03. The van der Waals surface area contributed by atoms with Gasteiger partial charge >= 0.3 is 0 Å². The van der Waals surface area contributed by atoms with Crippen LogP contribution in [0.3, 0.4) is 0 Å². The van der Waals surface area contributed by atoms with Crippen molar-refractivity contribution in [1.82, 2.24) is 24.8 Å². The predicted molar refractivity (Wildman–Crippen MR) is 111 cm³/mol. The van der Waals surface area contributed by atoms with Gasteiger partial charge < -0.3 is 15.7 Å². The molecule has 3 heterocycles. The Balaban J connectivity index is 2.01. The van der Waals surface area contributed by atoms with Crippen LogP contribution in [0.15, 0.2) is 48.9 Å². The molecule has 0 aliphatic rings. The third-order valence-corrected chi connectivity index (χ3v) is 4.68. The van der Waals surface area contributed by atoms with Crippen molar-refractivity contribution >= 4 is 45.6 Å². The molecule has 0 aliphatic carbocycles. The molecule has 0 fully saturated rings. The number of pyridine rings is 1. The van der Waals surface area contributed by atoms with Gasteiger partial charge in [0.15, 0.2) is 0 Å². The summed E-state index contributed by atoms with van der Waals surface area (Å²) in [5, 5.41) is 21.3. The molecule has 1 aromatic carbocycles. The molecule has 0 radical (unpaired) electrons. The van der Waals surface area contributed by atoms with E-state index >= 15 is 0 Å². The molecule has 3 aromatic heterocycles. The first-order chi connectivity index (χ1) is 13.7. The van der Waals surface area contributed by atoms with Crippen molar-refractivity contribution in [2.24, 2.45) is 0 Å². The summed E-state index contributed by atoms with van der Waals surface area (Å²) in [5.41, 5.74) is 3.60.